The molecule has 0 bridgehead atoms. The first-order valence-corrected chi connectivity index (χ1v) is 18.3. The second-order valence-corrected chi connectivity index (χ2v) is 15.3. The van der Waals surface area contributed by atoms with Crippen LogP contribution in [0.2, 0.25) is 0 Å². The molecule has 2 aromatic rings. The number of ether oxygens (including phenoxy) is 3. The fourth-order valence-corrected chi connectivity index (χ4v) is 8.84. The van der Waals surface area contributed by atoms with Gasteiger partial charge in [0.15, 0.2) is 0 Å². The Balaban J connectivity index is 1.75. The standard InChI is InChI=1S/C40H53NO6S/c1-6-23-44-29-19-20-35-33(26-29)37-31(18-12-14-22-43)28(15-11-13-21-42)25-32-34(41-47-39(3,4)5)27-36(48-30-16-9-8-10-17-30)40(46-35,38(32)37)45-24-7-2/h6-10,16-17,19-20,25-26,28,31,36-38,42-43H,1-2,11-15,18,21-24,27H2,3-5H3. The molecule has 2 aromatic carbocycles. The summed E-state index contributed by atoms with van der Waals surface area (Å²) in [7, 11) is 0. The van der Waals surface area contributed by atoms with Gasteiger partial charge < -0.3 is 29.3 Å². The molecular formula is C40H53NO6S. The summed E-state index contributed by atoms with van der Waals surface area (Å²) in [6.07, 6.45) is 11.8. The molecule has 6 atom stereocenters. The van der Waals surface area contributed by atoms with Gasteiger partial charge in [0.1, 0.15) is 23.7 Å². The third kappa shape index (κ3) is 8.21. The summed E-state index contributed by atoms with van der Waals surface area (Å²) in [4.78, 5) is 7.30. The van der Waals surface area contributed by atoms with Crippen LogP contribution in [0.15, 0.2) is 95.5 Å². The van der Waals surface area contributed by atoms with E-state index in [4.69, 9.17) is 24.2 Å². The van der Waals surface area contributed by atoms with Crippen molar-refractivity contribution >= 4 is 17.5 Å². The Labute approximate surface area is 291 Å². The van der Waals surface area contributed by atoms with Gasteiger partial charge in [-0.05, 0) is 94.2 Å². The lowest BCUT2D eigenvalue weighted by Gasteiger charge is -2.58. The summed E-state index contributed by atoms with van der Waals surface area (Å²) in [5.41, 5.74) is 2.69. The van der Waals surface area contributed by atoms with E-state index in [1.54, 1.807) is 23.9 Å². The zero-order valence-electron chi connectivity index (χ0n) is 28.8. The van der Waals surface area contributed by atoms with E-state index in [2.05, 4.69) is 49.6 Å². The minimum absolute atomic E-state index is 0.0164. The van der Waals surface area contributed by atoms with E-state index in [0.717, 1.165) is 71.8 Å². The second-order valence-electron chi connectivity index (χ2n) is 14.0. The minimum atomic E-state index is -1.02. The predicted molar refractivity (Wildman–Crippen MR) is 194 cm³/mol. The molecule has 260 valence electrons. The van der Waals surface area contributed by atoms with Crippen molar-refractivity contribution in [2.24, 2.45) is 22.9 Å². The number of aliphatic hydroxyl groups excluding tert-OH is 2. The van der Waals surface area contributed by atoms with Crippen molar-refractivity contribution in [3.63, 3.8) is 0 Å². The van der Waals surface area contributed by atoms with Crippen LogP contribution in [-0.2, 0) is 9.57 Å². The molecule has 0 saturated heterocycles. The fraction of sp³-hybridized carbons (Fsp3) is 0.525. The van der Waals surface area contributed by atoms with Crippen LogP contribution in [0.3, 0.4) is 0 Å². The van der Waals surface area contributed by atoms with Gasteiger partial charge in [-0.2, -0.15) is 0 Å². The number of allylic oxidation sites excluding steroid dienone is 1. The molecule has 2 N–H and O–H groups in total. The molecular weight excluding hydrogens is 623 g/mol. The van der Waals surface area contributed by atoms with Gasteiger partial charge >= 0.3 is 0 Å². The number of aliphatic hydroxyl groups is 2. The summed E-state index contributed by atoms with van der Waals surface area (Å²) < 4.78 is 20.3. The Kier molecular flexibility index (Phi) is 12.5. The lowest BCUT2D eigenvalue weighted by molar-refractivity contribution is -0.223. The van der Waals surface area contributed by atoms with E-state index >= 15 is 0 Å². The van der Waals surface area contributed by atoms with Crippen molar-refractivity contribution in [3.8, 4) is 11.5 Å². The van der Waals surface area contributed by atoms with Gasteiger partial charge in [-0.25, -0.2) is 0 Å². The van der Waals surface area contributed by atoms with Gasteiger partial charge in [0.2, 0.25) is 5.79 Å². The molecule has 0 spiro atoms. The fourth-order valence-electron chi connectivity index (χ4n) is 7.52. The summed E-state index contributed by atoms with van der Waals surface area (Å²) in [5, 5.41) is 24.3. The van der Waals surface area contributed by atoms with Crippen LogP contribution in [0.5, 0.6) is 11.5 Å². The maximum atomic E-state index is 9.80. The van der Waals surface area contributed by atoms with Crippen molar-refractivity contribution in [1.29, 1.82) is 0 Å². The van der Waals surface area contributed by atoms with E-state index in [9.17, 15) is 10.2 Å². The maximum absolute atomic E-state index is 9.80. The lowest BCUT2D eigenvalue weighted by atomic mass is 9.56. The lowest BCUT2D eigenvalue weighted by Crippen LogP contribution is -2.64. The molecule has 2 aliphatic carbocycles. The number of oxime groups is 1. The van der Waals surface area contributed by atoms with Gasteiger partial charge in [-0.3, -0.25) is 0 Å². The van der Waals surface area contributed by atoms with E-state index < -0.39 is 11.4 Å². The molecule has 1 aliphatic heterocycles. The van der Waals surface area contributed by atoms with Crippen LogP contribution in [0.1, 0.15) is 77.2 Å². The van der Waals surface area contributed by atoms with Crippen LogP contribution in [0.4, 0.5) is 0 Å². The highest BCUT2D eigenvalue weighted by molar-refractivity contribution is 8.00. The third-order valence-electron chi connectivity index (χ3n) is 9.44. The molecule has 5 rings (SSSR count). The van der Waals surface area contributed by atoms with Crippen LogP contribution >= 0.6 is 11.8 Å². The first-order valence-electron chi connectivity index (χ1n) is 17.5. The molecule has 1 heterocycles. The Bertz CT molecular complexity index is 1430. The monoisotopic (exact) mass is 675 g/mol. The first kappa shape index (κ1) is 36.2. The number of nitrogens with zero attached hydrogens (tertiary/aromatic N) is 1. The van der Waals surface area contributed by atoms with Crippen molar-refractivity contribution in [2.45, 2.75) is 93.2 Å². The number of hydrogen-bond acceptors (Lipinski definition) is 8. The van der Waals surface area contributed by atoms with Crippen molar-refractivity contribution in [1.82, 2.24) is 0 Å². The van der Waals surface area contributed by atoms with Gasteiger partial charge in [0.25, 0.3) is 0 Å². The van der Waals surface area contributed by atoms with Crippen LogP contribution in [0.25, 0.3) is 0 Å². The molecule has 7 nitrogen and oxygen atoms in total. The molecule has 6 unspecified atom stereocenters. The largest absolute Gasteiger partial charge is 0.490 e. The number of hydrogen-bond donors (Lipinski definition) is 2. The highest BCUT2D eigenvalue weighted by Crippen LogP contribution is 2.63. The number of rotatable bonds is 17. The van der Waals surface area contributed by atoms with E-state index in [1.165, 1.54) is 0 Å². The molecule has 0 amide bonds. The highest BCUT2D eigenvalue weighted by atomic mass is 32.2. The van der Waals surface area contributed by atoms with Gasteiger partial charge in [-0.1, -0.05) is 61.0 Å². The number of unbranched alkanes of at least 4 members (excludes halogenated alkanes) is 2. The number of fused-ring (bicyclic) bond motifs is 2. The van der Waals surface area contributed by atoms with Crippen molar-refractivity contribution in [3.05, 3.63) is 91.1 Å². The molecule has 1 saturated carbocycles. The minimum Gasteiger partial charge on any atom is -0.490 e. The summed E-state index contributed by atoms with van der Waals surface area (Å²) in [6.45, 7) is 15.0. The maximum Gasteiger partial charge on any atom is 0.231 e. The Morgan fingerprint density at radius 3 is 2.40 bits per heavy atom. The topological polar surface area (TPSA) is 89.7 Å². The van der Waals surface area contributed by atoms with Gasteiger partial charge in [-0.15, -0.1) is 18.3 Å². The predicted octanol–water partition coefficient (Wildman–Crippen LogP) is 8.48. The molecule has 3 aliphatic rings. The number of benzene rings is 2. The molecule has 8 heteroatoms. The SMILES string of the molecule is C=CCOc1ccc2c(c1)C1C(CCCCO)C(CCCCO)C=C3C(=NOC(C)(C)C)CC(Sc4ccccc4)C(OCC=C)(O2)C31. The summed E-state index contributed by atoms with van der Waals surface area (Å²) >= 11 is 1.76. The summed E-state index contributed by atoms with van der Waals surface area (Å²) in [5.74, 6) is 0.846. The van der Waals surface area contributed by atoms with E-state index in [0.29, 0.717) is 19.6 Å². The molecule has 48 heavy (non-hydrogen) atoms. The first-order chi connectivity index (χ1) is 23.2. The Morgan fingerprint density at radius 2 is 1.71 bits per heavy atom. The smallest absolute Gasteiger partial charge is 0.231 e. The van der Waals surface area contributed by atoms with Crippen LogP contribution in [0, 0.1) is 17.8 Å². The average molecular weight is 676 g/mol. The van der Waals surface area contributed by atoms with Gasteiger partial charge in [0.05, 0.1) is 23.5 Å². The van der Waals surface area contributed by atoms with E-state index in [1.807, 2.05) is 39.0 Å². The average Bonchev–Trinajstić information content (AvgIpc) is 3.08. The van der Waals surface area contributed by atoms with E-state index in [-0.39, 0.29) is 42.1 Å². The highest BCUT2D eigenvalue weighted by Gasteiger charge is 2.64. The molecule has 1 fully saturated rings. The van der Waals surface area contributed by atoms with Crippen LogP contribution in [-0.4, -0.2) is 59.0 Å². The van der Waals surface area contributed by atoms with Crippen molar-refractivity contribution in [2.75, 3.05) is 26.4 Å². The summed E-state index contributed by atoms with van der Waals surface area (Å²) in [6, 6.07) is 16.6. The third-order valence-corrected chi connectivity index (χ3v) is 10.8. The zero-order chi connectivity index (χ0) is 34.1. The van der Waals surface area contributed by atoms with Gasteiger partial charge in [0, 0.05) is 36.0 Å². The molecule has 0 radical (unpaired) electrons. The van der Waals surface area contributed by atoms with Crippen LogP contribution < -0.4 is 9.47 Å². The normalized spacial score (nSPS) is 26.9. The Morgan fingerprint density at radius 1 is 0.979 bits per heavy atom. The number of thioether (sulfide) groups is 1. The second kappa shape index (κ2) is 16.6. The zero-order valence-corrected chi connectivity index (χ0v) is 29.6. The molecule has 0 aromatic heterocycles. The Hall–Kier alpha value is -3.04. The van der Waals surface area contributed by atoms with Crippen molar-refractivity contribution < 1.29 is 29.3 Å². The quantitative estimate of drug-likeness (QED) is 0.0988.